The fraction of sp³-hybridized carbons (Fsp3) is 0.923. The lowest BCUT2D eigenvalue weighted by Crippen LogP contribution is -2.49. The summed E-state index contributed by atoms with van der Waals surface area (Å²) in [5.41, 5.74) is -0.631. The lowest BCUT2D eigenvalue weighted by Gasteiger charge is -2.25. The van der Waals surface area contributed by atoms with Crippen LogP contribution in [0.5, 0.6) is 0 Å². The highest BCUT2D eigenvalue weighted by atomic mass is 35.5. The summed E-state index contributed by atoms with van der Waals surface area (Å²) in [7, 11) is 0. The highest BCUT2D eigenvalue weighted by Gasteiger charge is 2.24. The zero-order chi connectivity index (χ0) is 14.1. The maximum atomic E-state index is 11.6. The lowest BCUT2D eigenvalue weighted by atomic mass is 9.96. The molecule has 19 heavy (non-hydrogen) atoms. The first-order valence-corrected chi connectivity index (χ1v) is 7.67. The number of urea groups is 1. The molecule has 6 heteroatoms. The fourth-order valence-corrected chi connectivity index (χ4v) is 2.13. The minimum atomic E-state index is -0.631. The number of carbonyl (C=O) groups excluding carboxylic acids is 1. The van der Waals surface area contributed by atoms with E-state index in [-0.39, 0.29) is 6.03 Å². The molecule has 0 radical (unpaired) electrons. The predicted molar refractivity (Wildman–Crippen MR) is 77.7 cm³/mol. The Morgan fingerprint density at radius 3 is 2.63 bits per heavy atom. The Kier molecular flexibility index (Phi) is 7.13. The smallest absolute Gasteiger partial charge is 0.316 e. The van der Waals surface area contributed by atoms with Crippen molar-refractivity contribution in [3.8, 4) is 0 Å². The summed E-state index contributed by atoms with van der Waals surface area (Å²) in [4.78, 5) is 11.6. The van der Waals surface area contributed by atoms with Crippen LogP contribution < -0.4 is 10.6 Å². The maximum Gasteiger partial charge on any atom is 0.316 e. The van der Waals surface area contributed by atoms with Crippen molar-refractivity contribution in [3.05, 3.63) is 0 Å². The molecule has 0 heterocycles. The fourth-order valence-electron chi connectivity index (χ4n) is 2.04. The Morgan fingerprint density at radius 1 is 1.37 bits per heavy atom. The number of amides is 2. The minimum absolute atomic E-state index is 0.243. The van der Waals surface area contributed by atoms with E-state index in [1.165, 1.54) is 19.3 Å². The summed E-state index contributed by atoms with van der Waals surface area (Å²) in [6.45, 7) is 4.33. The minimum Gasteiger partial charge on any atom is -0.337 e. The molecule has 1 aliphatic carbocycles. The van der Waals surface area contributed by atoms with E-state index in [1.54, 1.807) is 0 Å². The van der Waals surface area contributed by atoms with Gasteiger partial charge in [-0.25, -0.2) is 4.79 Å². The molecule has 0 saturated heterocycles. The molecule has 1 atom stereocenters. The number of nitrogens with zero attached hydrogens (tertiary/aromatic N) is 2. The van der Waals surface area contributed by atoms with Crippen molar-refractivity contribution in [1.82, 2.24) is 10.6 Å². The van der Waals surface area contributed by atoms with Crippen LogP contribution in [0.2, 0.25) is 0 Å². The lowest BCUT2D eigenvalue weighted by molar-refractivity contribution is 0.225. The van der Waals surface area contributed by atoms with Crippen LogP contribution in [-0.2, 0) is 0 Å². The Labute approximate surface area is 120 Å². The Morgan fingerprint density at radius 2 is 2.05 bits per heavy atom. The highest BCUT2D eigenvalue weighted by Crippen LogP contribution is 2.22. The van der Waals surface area contributed by atoms with Crippen molar-refractivity contribution < 1.29 is 4.79 Å². The van der Waals surface area contributed by atoms with Crippen LogP contribution in [0.1, 0.15) is 52.4 Å². The third kappa shape index (κ3) is 6.23. The summed E-state index contributed by atoms with van der Waals surface area (Å²) >= 11 is 5.53. The Balaban J connectivity index is 2.48. The monoisotopic (exact) mass is 288 g/mol. The summed E-state index contributed by atoms with van der Waals surface area (Å²) in [6, 6.07) is 0.0833. The van der Waals surface area contributed by atoms with Crippen LogP contribution in [0.4, 0.5) is 4.79 Å². The van der Waals surface area contributed by atoms with Crippen molar-refractivity contribution >= 4 is 17.6 Å². The molecular formula is C13H25ClN4O. The van der Waals surface area contributed by atoms with E-state index in [0.717, 1.165) is 12.8 Å². The molecule has 0 aromatic rings. The summed E-state index contributed by atoms with van der Waals surface area (Å²) in [5.74, 6) is 0.403. The van der Waals surface area contributed by atoms with Crippen molar-refractivity contribution in [2.24, 2.45) is 10.2 Å². The van der Waals surface area contributed by atoms with E-state index in [2.05, 4.69) is 20.9 Å². The summed E-state index contributed by atoms with van der Waals surface area (Å²) in [5, 5.41) is 14.3. The van der Waals surface area contributed by atoms with Gasteiger partial charge < -0.3 is 10.6 Å². The second kappa shape index (κ2) is 8.35. The van der Waals surface area contributed by atoms with Gasteiger partial charge in [0.2, 0.25) is 0 Å². The van der Waals surface area contributed by atoms with E-state index >= 15 is 0 Å². The first-order valence-electron chi connectivity index (χ1n) is 7.13. The summed E-state index contributed by atoms with van der Waals surface area (Å²) < 4.78 is 0. The number of nitrogens with one attached hydrogen (secondary N) is 2. The van der Waals surface area contributed by atoms with Gasteiger partial charge in [-0.2, -0.15) is 10.2 Å². The molecule has 2 amide bonds. The van der Waals surface area contributed by atoms with Gasteiger partial charge in [0, 0.05) is 12.4 Å². The number of halogens is 1. The average Bonchev–Trinajstić information content (AvgIpc) is 2.44. The van der Waals surface area contributed by atoms with Crippen LogP contribution >= 0.6 is 11.6 Å². The largest absolute Gasteiger partial charge is 0.337 e. The van der Waals surface area contributed by atoms with Crippen LogP contribution in [0.3, 0.4) is 0 Å². The number of carbonyl (C=O) groups is 1. The second-order valence-corrected chi connectivity index (χ2v) is 5.58. The van der Waals surface area contributed by atoms with Crippen LogP contribution in [0.15, 0.2) is 10.2 Å². The van der Waals surface area contributed by atoms with Gasteiger partial charge in [0.1, 0.15) is 0 Å². The highest BCUT2D eigenvalue weighted by molar-refractivity contribution is 6.18. The van der Waals surface area contributed by atoms with E-state index in [9.17, 15) is 4.79 Å². The molecule has 0 aliphatic heterocycles. The van der Waals surface area contributed by atoms with E-state index in [1.807, 2.05) is 13.8 Å². The number of azo groups is 1. The van der Waals surface area contributed by atoms with Gasteiger partial charge in [-0.3, -0.25) is 0 Å². The molecule has 0 spiro atoms. The topological polar surface area (TPSA) is 65.8 Å². The maximum absolute atomic E-state index is 11.6. The van der Waals surface area contributed by atoms with Gasteiger partial charge in [0.15, 0.2) is 5.66 Å². The quantitative estimate of drug-likeness (QED) is 0.571. The van der Waals surface area contributed by atoms with Gasteiger partial charge >= 0.3 is 6.03 Å². The molecule has 1 aliphatic rings. The molecule has 1 rings (SSSR count). The molecule has 5 nitrogen and oxygen atoms in total. The molecule has 0 aromatic carbocycles. The van der Waals surface area contributed by atoms with Crippen LogP contribution in [0, 0.1) is 0 Å². The van der Waals surface area contributed by atoms with Crippen LogP contribution in [0.25, 0.3) is 0 Å². The molecule has 1 fully saturated rings. The molecular weight excluding hydrogens is 264 g/mol. The molecule has 1 saturated carbocycles. The van der Waals surface area contributed by atoms with Gasteiger partial charge in [0.25, 0.3) is 0 Å². The number of alkyl halides is 1. The van der Waals surface area contributed by atoms with Crippen LogP contribution in [-0.4, -0.2) is 30.2 Å². The molecule has 0 aromatic heterocycles. The number of rotatable bonds is 6. The number of hydrogen-bond acceptors (Lipinski definition) is 3. The van der Waals surface area contributed by atoms with Crippen molar-refractivity contribution in [3.63, 3.8) is 0 Å². The standard InChI is InChI=1S/C13H25ClN4O/c1-3-13(2,16-12(19)15-10-9-14)18-17-11-7-5-4-6-8-11/h11H,3-10H2,1-2H3,(H2,15,16,19)/b18-17+. The summed E-state index contributed by atoms with van der Waals surface area (Å²) in [6.07, 6.45) is 6.70. The van der Waals surface area contributed by atoms with Crippen molar-refractivity contribution in [2.45, 2.75) is 64.1 Å². The van der Waals surface area contributed by atoms with Gasteiger partial charge in [-0.1, -0.05) is 26.2 Å². The van der Waals surface area contributed by atoms with Crippen molar-refractivity contribution in [1.29, 1.82) is 0 Å². The Bertz CT molecular complexity index is 305. The SMILES string of the molecule is CCC(C)(/N=N/C1CCCCC1)NC(=O)NCCCl. The first-order chi connectivity index (χ1) is 9.09. The third-order valence-electron chi connectivity index (χ3n) is 3.47. The van der Waals surface area contributed by atoms with E-state index in [0.29, 0.717) is 24.9 Å². The van der Waals surface area contributed by atoms with Crippen molar-refractivity contribution in [2.75, 3.05) is 12.4 Å². The van der Waals surface area contributed by atoms with Gasteiger partial charge in [-0.15, -0.1) is 11.6 Å². The third-order valence-corrected chi connectivity index (χ3v) is 3.66. The molecule has 0 bridgehead atoms. The second-order valence-electron chi connectivity index (χ2n) is 5.20. The normalized spacial score (nSPS) is 20.2. The molecule has 110 valence electrons. The molecule has 2 N–H and O–H groups in total. The van der Waals surface area contributed by atoms with E-state index < -0.39 is 5.66 Å². The Hall–Kier alpha value is -0.840. The first kappa shape index (κ1) is 16.2. The zero-order valence-electron chi connectivity index (χ0n) is 11.9. The van der Waals surface area contributed by atoms with Gasteiger partial charge in [-0.05, 0) is 26.2 Å². The van der Waals surface area contributed by atoms with Gasteiger partial charge in [0.05, 0.1) is 6.04 Å². The number of hydrogen-bond donors (Lipinski definition) is 2. The molecule has 1 unspecified atom stereocenters. The van der Waals surface area contributed by atoms with E-state index in [4.69, 9.17) is 11.6 Å². The predicted octanol–water partition coefficient (Wildman–Crippen LogP) is 3.44. The zero-order valence-corrected chi connectivity index (χ0v) is 12.7. The average molecular weight is 289 g/mol.